The molecule has 2 nitrogen and oxygen atoms in total. The fraction of sp³-hybridized carbons (Fsp3) is 0.600. The van der Waals surface area contributed by atoms with Crippen LogP contribution in [-0.4, -0.2) is 17.8 Å². The van der Waals surface area contributed by atoms with Crippen LogP contribution in [0.2, 0.25) is 0 Å². The Morgan fingerprint density at radius 2 is 1.81 bits per heavy atom. The van der Waals surface area contributed by atoms with Crippen molar-refractivity contribution in [2.45, 2.75) is 46.0 Å². The highest BCUT2D eigenvalue weighted by atomic mass is 19.4. The van der Waals surface area contributed by atoms with Crippen LogP contribution in [-0.2, 0) is 12.7 Å². The fourth-order valence-electron chi connectivity index (χ4n) is 2.17. The fourth-order valence-corrected chi connectivity index (χ4v) is 2.17. The van der Waals surface area contributed by atoms with Gasteiger partial charge in [-0.05, 0) is 29.5 Å². The zero-order chi connectivity index (χ0) is 16.3. The molecule has 0 bridgehead atoms. The van der Waals surface area contributed by atoms with Crippen molar-refractivity contribution in [3.05, 3.63) is 35.1 Å². The molecular formula is C15H21F4NO. The molecular weight excluding hydrogens is 286 g/mol. The Balaban J connectivity index is 2.93. The van der Waals surface area contributed by atoms with Gasteiger partial charge in [0.1, 0.15) is 5.82 Å². The Morgan fingerprint density at radius 1 is 1.19 bits per heavy atom. The van der Waals surface area contributed by atoms with Crippen molar-refractivity contribution in [3.8, 4) is 0 Å². The van der Waals surface area contributed by atoms with Crippen LogP contribution in [0.1, 0.15) is 38.3 Å². The van der Waals surface area contributed by atoms with Crippen LogP contribution in [0.3, 0.4) is 0 Å². The van der Waals surface area contributed by atoms with Gasteiger partial charge >= 0.3 is 6.18 Å². The molecule has 0 saturated heterocycles. The summed E-state index contributed by atoms with van der Waals surface area (Å²) >= 11 is 0. The SMILES string of the molecule is CC(C)(C)C(CCO)NCc1ccc(F)cc1C(F)(F)F. The van der Waals surface area contributed by atoms with Crippen LogP contribution < -0.4 is 5.32 Å². The summed E-state index contributed by atoms with van der Waals surface area (Å²) in [6.07, 6.45) is -4.15. The first-order valence-electron chi connectivity index (χ1n) is 6.75. The van der Waals surface area contributed by atoms with E-state index in [1.807, 2.05) is 20.8 Å². The largest absolute Gasteiger partial charge is 0.416 e. The maximum absolute atomic E-state index is 13.0. The lowest BCUT2D eigenvalue weighted by atomic mass is 9.84. The van der Waals surface area contributed by atoms with Crippen molar-refractivity contribution in [1.82, 2.24) is 5.32 Å². The summed E-state index contributed by atoms with van der Waals surface area (Å²) in [6, 6.07) is 2.53. The standard InChI is InChI=1S/C15H21F4NO/c1-14(2,3)13(6-7-21)20-9-10-4-5-11(16)8-12(10)15(17,18)19/h4-5,8,13,20-21H,6-7,9H2,1-3H3. The molecule has 120 valence electrons. The molecule has 0 amide bonds. The van der Waals surface area contributed by atoms with Gasteiger partial charge in [-0.2, -0.15) is 13.2 Å². The first-order chi connectivity index (χ1) is 9.55. The first kappa shape index (κ1) is 17.9. The van der Waals surface area contributed by atoms with Crippen LogP contribution in [0.4, 0.5) is 17.6 Å². The number of halogens is 4. The van der Waals surface area contributed by atoms with Gasteiger partial charge in [0, 0.05) is 19.2 Å². The van der Waals surface area contributed by atoms with Gasteiger partial charge in [0.15, 0.2) is 0 Å². The second-order valence-electron chi connectivity index (χ2n) is 6.11. The smallest absolute Gasteiger partial charge is 0.396 e. The van der Waals surface area contributed by atoms with Crippen LogP contribution in [0.15, 0.2) is 18.2 Å². The average molecular weight is 307 g/mol. The second kappa shape index (κ2) is 6.75. The lowest BCUT2D eigenvalue weighted by Gasteiger charge is -2.31. The summed E-state index contributed by atoms with van der Waals surface area (Å²) < 4.78 is 51.7. The van der Waals surface area contributed by atoms with E-state index in [9.17, 15) is 17.6 Å². The summed E-state index contributed by atoms with van der Waals surface area (Å²) in [6.45, 7) is 5.74. The Labute approximate surface area is 122 Å². The second-order valence-corrected chi connectivity index (χ2v) is 6.11. The Hall–Kier alpha value is -1.14. The molecule has 6 heteroatoms. The van der Waals surface area contributed by atoms with Gasteiger partial charge in [0.2, 0.25) is 0 Å². The Kier molecular flexibility index (Phi) is 5.75. The highest BCUT2D eigenvalue weighted by Crippen LogP contribution is 2.33. The molecule has 0 fully saturated rings. The molecule has 0 spiro atoms. The highest BCUT2D eigenvalue weighted by Gasteiger charge is 2.34. The molecule has 2 N–H and O–H groups in total. The maximum Gasteiger partial charge on any atom is 0.416 e. The van der Waals surface area contributed by atoms with E-state index in [0.29, 0.717) is 12.5 Å². The Bertz CT molecular complexity index is 466. The molecule has 1 atom stereocenters. The van der Waals surface area contributed by atoms with Gasteiger partial charge in [-0.25, -0.2) is 4.39 Å². The molecule has 0 aliphatic rings. The zero-order valence-corrected chi connectivity index (χ0v) is 12.4. The van der Waals surface area contributed by atoms with E-state index in [0.717, 1.165) is 12.1 Å². The Morgan fingerprint density at radius 3 is 2.29 bits per heavy atom. The van der Waals surface area contributed by atoms with Gasteiger partial charge < -0.3 is 10.4 Å². The van der Waals surface area contributed by atoms with E-state index in [2.05, 4.69) is 5.32 Å². The normalized spacial score (nSPS) is 14.3. The van der Waals surface area contributed by atoms with Gasteiger partial charge in [0.05, 0.1) is 5.56 Å². The molecule has 0 saturated carbocycles. The molecule has 1 aromatic carbocycles. The van der Waals surface area contributed by atoms with E-state index in [4.69, 9.17) is 5.11 Å². The third-order valence-corrected chi connectivity index (χ3v) is 3.38. The van der Waals surface area contributed by atoms with Gasteiger partial charge in [-0.15, -0.1) is 0 Å². The summed E-state index contributed by atoms with van der Waals surface area (Å²) in [5.74, 6) is -0.909. The third kappa shape index (κ3) is 5.28. The van der Waals surface area contributed by atoms with E-state index >= 15 is 0 Å². The summed E-state index contributed by atoms with van der Waals surface area (Å²) in [5.41, 5.74) is -1.18. The third-order valence-electron chi connectivity index (χ3n) is 3.38. The number of hydrogen-bond acceptors (Lipinski definition) is 2. The zero-order valence-electron chi connectivity index (χ0n) is 12.4. The lowest BCUT2D eigenvalue weighted by molar-refractivity contribution is -0.138. The monoisotopic (exact) mass is 307 g/mol. The van der Waals surface area contributed by atoms with Crippen molar-refractivity contribution in [1.29, 1.82) is 0 Å². The maximum atomic E-state index is 13.0. The quantitative estimate of drug-likeness (QED) is 0.812. The number of aliphatic hydroxyl groups excluding tert-OH is 1. The van der Waals surface area contributed by atoms with Crippen molar-refractivity contribution in [2.24, 2.45) is 5.41 Å². The number of alkyl halides is 3. The summed E-state index contributed by atoms with van der Waals surface area (Å²) in [7, 11) is 0. The van der Waals surface area contributed by atoms with Crippen molar-refractivity contribution in [3.63, 3.8) is 0 Å². The lowest BCUT2D eigenvalue weighted by Crippen LogP contribution is -2.40. The molecule has 0 aliphatic carbocycles. The van der Waals surface area contributed by atoms with Gasteiger partial charge in [0.25, 0.3) is 0 Å². The molecule has 1 aromatic rings. The number of rotatable bonds is 5. The highest BCUT2D eigenvalue weighted by molar-refractivity contribution is 5.30. The van der Waals surface area contributed by atoms with Crippen molar-refractivity contribution >= 4 is 0 Å². The van der Waals surface area contributed by atoms with E-state index < -0.39 is 17.6 Å². The molecule has 0 heterocycles. The molecule has 1 rings (SSSR count). The molecule has 0 aliphatic heterocycles. The average Bonchev–Trinajstić information content (AvgIpc) is 2.33. The van der Waals surface area contributed by atoms with Crippen LogP contribution in [0, 0.1) is 11.2 Å². The summed E-state index contributed by atoms with van der Waals surface area (Å²) in [5, 5.41) is 12.1. The number of aliphatic hydroxyl groups is 1. The van der Waals surface area contributed by atoms with Crippen LogP contribution >= 0.6 is 0 Å². The van der Waals surface area contributed by atoms with Gasteiger partial charge in [-0.1, -0.05) is 26.8 Å². The molecule has 0 radical (unpaired) electrons. The number of hydrogen-bond donors (Lipinski definition) is 2. The van der Waals surface area contributed by atoms with E-state index in [1.54, 1.807) is 0 Å². The van der Waals surface area contributed by atoms with Crippen molar-refractivity contribution in [2.75, 3.05) is 6.61 Å². The summed E-state index contributed by atoms with van der Waals surface area (Å²) in [4.78, 5) is 0. The van der Waals surface area contributed by atoms with Gasteiger partial charge in [-0.3, -0.25) is 0 Å². The van der Waals surface area contributed by atoms with Crippen LogP contribution in [0.5, 0.6) is 0 Å². The van der Waals surface area contributed by atoms with E-state index in [1.165, 1.54) is 0 Å². The molecule has 21 heavy (non-hydrogen) atoms. The number of nitrogens with one attached hydrogen (secondary N) is 1. The molecule has 0 aromatic heterocycles. The van der Waals surface area contributed by atoms with Crippen LogP contribution in [0.25, 0.3) is 0 Å². The van der Waals surface area contributed by atoms with E-state index in [-0.39, 0.29) is 30.2 Å². The first-order valence-corrected chi connectivity index (χ1v) is 6.75. The minimum atomic E-state index is -4.59. The topological polar surface area (TPSA) is 32.3 Å². The molecule has 1 unspecified atom stereocenters. The predicted molar refractivity (Wildman–Crippen MR) is 73.2 cm³/mol. The minimum Gasteiger partial charge on any atom is -0.396 e. The van der Waals surface area contributed by atoms with Crippen molar-refractivity contribution < 1.29 is 22.7 Å². The minimum absolute atomic E-state index is 0.00362. The number of benzene rings is 1. The predicted octanol–water partition coefficient (Wildman–Crippen LogP) is 3.73.